The molecule has 1 amide bonds. The lowest BCUT2D eigenvalue weighted by Gasteiger charge is -2.16. The van der Waals surface area contributed by atoms with Crippen LogP contribution in [0.15, 0.2) is 46.6 Å². The van der Waals surface area contributed by atoms with E-state index in [0.717, 1.165) is 6.42 Å². The highest BCUT2D eigenvalue weighted by molar-refractivity contribution is 7.09. The summed E-state index contributed by atoms with van der Waals surface area (Å²) in [5.41, 5.74) is 0.468. The number of nitrogens with zero attached hydrogens (tertiary/aromatic N) is 2. The fraction of sp³-hybridized carbons (Fsp3) is 0.235. The Kier molecular flexibility index (Phi) is 4.52. The van der Waals surface area contributed by atoms with E-state index < -0.39 is 0 Å². The first-order valence-electron chi connectivity index (χ1n) is 7.38. The predicted molar refractivity (Wildman–Crippen MR) is 91.5 cm³/mol. The number of rotatable bonds is 5. The Morgan fingerprint density at radius 1 is 1.26 bits per heavy atom. The number of hydrogen-bond donors (Lipinski definition) is 1. The van der Waals surface area contributed by atoms with Gasteiger partial charge in [-0.15, -0.1) is 11.3 Å². The van der Waals surface area contributed by atoms with E-state index in [1.807, 2.05) is 23.6 Å². The molecule has 0 saturated carbocycles. The largest absolute Gasteiger partial charge is 0.338 e. The molecule has 0 aliphatic carbocycles. The van der Waals surface area contributed by atoms with Crippen LogP contribution in [-0.4, -0.2) is 27.8 Å². The average molecular weight is 327 g/mol. The number of amides is 1. The van der Waals surface area contributed by atoms with Gasteiger partial charge in [-0.1, -0.05) is 18.2 Å². The highest BCUT2D eigenvalue weighted by Crippen LogP contribution is 2.12. The minimum Gasteiger partial charge on any atom is -0.338 e. The van der Waals surface area contributed by atoms with Crippen molar-refractivity contribution in [3.63, 3.8) is 0 Å². The Bertz CT molecular complexity index is 871. The summed E-state index contributed by atoms with van der Waals surface area (Å²) < 4.78 is 0. The minimum atomic E-state index is -0.176. The van der Waals surface area contributed by atoms with Crippen molar-refractivity contribution in [1.29, 1.82) is 0 Å². The summed E-state index contributed by atoms with van der Waals surface area (Å²) >= 11 is 1.65. The van der Waals surface area contributed by atoms with Gasteiger partial charge in [-0.05, 0) is 30.0 Å². The number of carbonyl (C=O) groups is 1. The first-order chi connectivity index (χ1) is 11.1. The first kappa shape index (κ1) is 15.4. The van der Waals surface area contributed by atoms with Crippen molar-refractivity contribution in [2.24, 2.45) is 0 Å². The van der Waals surface area contributed by atoms with Gasteiger partial charge in [0.05, 0.1) is 17.4 Å². The van der Waals surface area contributed by atoms with Crippen molar-refractivity contribution in [2.75, 3.05) is 7.05 Å². The van der Waals surface area contributed by atoms with Crippen molar-refractivity contribution in [3.8, 4) is 0 Å². The van der Waals surface area contributed by atoms with Gasteiger partial charge in [-0.3, -0.25) is 9.59 Å². The molecule has 0 atom stereocenters. The number of benzene rings is 1. The maximum absolute atomic E-state index is 12.2. The van der Waals surface area contributed by atoms with E-state index in [1.54, 1.807) is 41.5 Å². The van der Waals surface area contributed by atoms with Crippen molar-refractivity contribution in [1.82, 2.24) is 14.9 Å². The summed E-state index contributed by atoms with van der Waals surface area (Å²) in [5, 5.41) is 2.57. The number of aromatic amines is 1. The van der Waals surface area contributed by atoms with Gasteiger partial charge in [0.25, 0.3) is 5.56 Å². The minimum absolute atomic E-state index is 0.0363. The number of para-hydroxylation sites is 1. The summed E-state index contributed by atoms with van der Waals surface area (Å²) in [6.45, 7) is 0.295. The lowest BCUT2D eigenvalue weighted by atomic mass is 10.2. The molecule has 6 heteroatoms. The number of hydrogen-bond acceptors (Lipinski definition) is 4. The molecule has 0 aliphatic rings. The van der Waals surface area contributed by atoms with Crippen LogP contribution in [0.2, 0.25) is 0 Å². The monoisotopic (exact) mass is 327 g/mol. The number of aromatic nitrogens is 2. The lowest BCUT2D eigenvalue weighted by Crippen LogP contribution is -2.28. The molecule has 0 fully saturated rings. The molecule has 2 heterocycles. The third kappa shape index (κ3) is 3.65. The van der Waals surface area contributed by atoms with Crippen LogP contribution in [0.3, 0.4) is 0 Å². The molecule has 1 aromatic carbocycles. The van der Waals surface area contributed by atoms with Crippen LogP contribution in [0, 0.1) is 0 Å². The fourth-order valence-electron chi connectivity index (χ4n) is 2.40. The van der Waals surface area contributed by atoms with Crippen LogP contribution in [0.25, 0.3) is 10.9 Å². The Morgan fingerprint density at radius 3 is 2.87 bits per heavy atom. The number of aryl methyl sites for hydroxylation is 1. The summed E-state index contributed by atoms with van der Waals surface area (Å²) in [6.07, 6.45) is 1.19. The molecule has 1 N–H and O–H groups in total. The number of H-pyrrole nitrogens is 1. The van der Waals surface area contributed by atoms with Gasteiger partial charge >= 0.3 is 0 Å². The molecule has 3 aromatic rings. The second-order valence-corrected chi connectivity index (χ2v) is 6.39. The van der Waals surface area contributed by atoms with Gasteiger partial charge in [-0.2, -0.15) is 0 Å². The standard InChI is InChI=1S/C17H17N3O2S/c1-20(16(21)9-8-12-5-4-10-23-12)11-15-18-14-7-3-2-6-13(14)17(22)19-15/h2-7,10H,8-9,11H2,1H3,(H,18,19,22). The summed E-state index contributed by atoms with van der Waals surface area (Å²) in [5.74, 6) is 0.537. The normalized spacial score (nSPS) is 10.8. The van der Waals surface area contributed by atoms with E-state index in [2.05, 4.69) is 9.97 Å². The third-order valence-electron chi connectivity index (χ3n) is 3.64. The van der Waals surface area contributed by atoms with Crippen LogP contribution >= 0.6 is 11.3 Å². The van der Waals surface area contributed by atoms with Crippen molar-refractivity contribution < 1.29 is 4.79 Å². The molecular weight excluding hydrogens is 310 g/mol. The molecule has 0 unspecified atom stereocenters. The molecule has 2 aromatic heterocycles. The van der Waals surface area contributed by atoms with Gasteiger partial charge < -0.3 is 9.88 Å². The molecule has 0 saturated heterocycles. The van der Waals surface area contributed by atoms with E-state index in [0.29, 0.717) is 29.7 Å². The smallest absolute Gasteiger partial charge is 0.258 e. The molecule has 118 valence electrons. The Morgan fingerprint density at radius 2 is 2.09 bits per heavy atom. The molecule has 0 radical (unpaired) electrons. The third-order valence-corrected chi connectivity index (χ3v) is 4.58. The van der Waals surface area contributed by atoms with E-state index in [-0.39, 0.29) is 11.5 Å². The van der Waals surface area contributed by atoms with Crippen LogP contribution in [0.1, 0.15) is 17.1 Å². The maximum atomic E-state index is 12.2. The lowest BCUT2D eigenvalue weighted by molar-refractivity contribution is -0.130. The van der Waals surface area contributed by atoms with E-state index in [4.69, 9.17) is 0 Å². The first-order valence-corrected chi connectivity index (χ1v) is 8.26. The Balaban J connectivity index is 1.68. The van der Waals surface area contributed by atoms with Gasteiger partial charge in [0, 0.05) is 18.3 Å². The highest BCUT2D eigenvalue weighted by atomic mass is 32.1. The fourth-order valence-corrected chi connectivity index (χ4v) is 3.11. The zero-order valence-corrected chi connectivity index (χ0v) is 13.6. The summed E-state index contributed by atoms with van der Waals surface area (Å²) in [6, 6.07) is 11.2. The zero-order chi connectivity index (χ0) is 16.2. The van der Waals surface area contributed by atoms with Crippen molar-refractivity contribution >= 4 is 28.1 Å². The molecular formula is C17H17N3O2S. The summed E-state index contributed by atoms with van der Waals surface area (Å²) in [7, 11) is 1.73. The number of nitrogens with one attached hydrogen (secondary N) is 1. The van der Waals surface area contributed by atoms with Gasteiger partial charge in [-0.25, -0.2) is 4.98 Å². The molecule has 3 rings (SSSR count). The van der Waals surface area contributed by atoms with E-state index in [1.165, 1.54) is 4.88 Å². The molecule has 5 nitrogen and oxygen atoms in total. The van der Waals surface area contributed by atoms with Gasteiger partial charge in [0.15, 0.2) is 0 Å². The molecule has 23 heavy (non-hydrogen) atoms. The maximum Gasteiger partial charge on any atom is 0.258 e. The Hall–Kier alpha value is -2.47. The SMILES string of the molecule is CN(Cc1nc2ccccc2c(=O)[nH]1)C(=O)CCc1cccs1. The van der Waals surface area contributed by atoms with Crippen molar-refractivity contribution in [3.05, 3.63) is 62.8 Å². The van der Waals surface area contributed by atoms with Crippen molar-refractivity contribution in [2.45, 2.75) is 19.4 Å². The van der Waals surface area contributed by atoms with Crippen LogP contribution in [-0.2, 0) is 17.8 Å². The highest BCUT2D eigenvalue weighted by Gasteiger charge is 2.12. The van der Waals surface area contributed by atoms with Gasteiger partial charge in [0.2, 0.25) is 5.91 Å². The van der Waals surface area contributed by atoms with Crippen LogP contribution in [0.4, 0.5) is 0 Å². The van der Waals surface area contributed by atoms with Gasteiger partial charge in [0.1, 0.15) is 5.82 Å². The average Bonchev–Trinajstić information content (AvgIpc) is 3.06. The molecule has 0 aliphatic heterocycles. The second-order valence-electron chi connectivity index (χ2n) is 5.36. The van der Waals surface area contributed by atoms with E-state index >= 15 is 0 Å². The topological polar surface area (TPSA) is 66.1 Å². The second kappa shape index (κ2) is 6.75. The quantitative estimate of drug-likeness (QED) is 0.783. The number of fused-ring (bicyclic) bond motifs is 1. The van der Waals surface area contributed by atoms with Crippen LogP contribution < -0.4 is 5.56 Å². The van der Waals surface area contributed by atoms with E-state index in [9.17, 15) is 9.59 Å². The molecule has 0 bridgehead atoms. The summed E-state index contributed by atoms with van der Waals surface area (Å²) in [4.78, 5) is 34.2. The zero-order valence-electron chi connectivity index (χ0n) is 12.8. The number of thiophene rings is 1. The Labute approximate surface area is 137 Å². The van der Waals surface area contributed by atoms with Crippen LogP contribution in [0.5, 0.6) is 0 Å². The number of carbonyl (C=O) groups excluding carboxylic acids is 1. The predicted octanol–water partition coefficient (Wildman–Crippen LogP) is 2.58. The molecule has 0 spiro atoms.